The lowest BCUT2D eigenvalue weighted by Crippen LogP contribution is -2.48. The van der Waals surface area contributed by atoms with Crippen LogP contribution in [0.1, 0.15) is 47.0 Å². The molecule has 0 aromatic rings. The predicted octanol–water partition coefficient (Wildman–Crippen LogP) is 1.80. The van der Waals surface area contributed by atoms with E-state index in [1.54, 1.807) is 16.7 Å². The summed E-state index contributed by atoms with van der Waals surface area (Å²) in [5, 5.41) is 0. The minimum atomic E-state index is -0.522. The van der Waals surface area contributed by atoms with E-state index >= 15 is 0 Å². The van der Waals surface area contributed by atoms with Gasteiger partial charge in [-0.1, -0.05) is 0 Å². The minimum absolute atomic E-state index is 0.0133. The summed E-state index contributed by atoms with van der Waals surface area (Å²) >= 11 is 0. The molecule has 24 heavy (non-hydrogen) atoms. The third-order valence-corrected chi connectivity index (χ3v) is 4.60. The Morgan fingerprint density at radius 1 is 1.12 bits per heavy atom. The van der Waals surface area contributed by atoms with E-state index in [-0.39, 0.29) is 24.5 Å². The van der Waals surface area contributed by atoms with Crippen molar-refractivity contribution in [1.29, 1.82) is 0 Å². The Morgan fingerprint density at radius 3 is 2.25 bits per heavy atom. The van der Waals surface area contributed by atoms with Gasteiger partial charge in [0.2, 0.25) is 5.91 Å². The SMILES string of the molecule is CCOC(=O)CN1CCC2(CCN(C(=O)OC(C)(C)C)CC2)C1=O. The number of nitrogens with zero attached hydrogens (tertiary/aromatic N) is 2. The number of hydrogen-bond donors (Lipinski definition) is 0. The molecule has 2 aliphatic rings. The first kappa shape index (κ1) is 18.5. The first-order chi connectivity index (χ1) is 11.2. The number of carbonyl (C=O) groups excluding carboxylic acids is 3. The van der Waals surface area contributed by atoms with Crippen molar-refractivity contribution >= 4 is 18.0 Å². The van der Waals surface area contributed by atoms with Crippen LogP contribution in [0.25, 0.3) is 0 Å². The van der Waals surface area contributed by atoms with Gasteiger partial charge in [0, 0.05) is 19.6 Å². The highest BCUT2D eigenvalue weighted by atomic mass is 16.6. The number of esters is 1. The Labute approximate surface area is 143 Å². The predicted molar refractivity (Wildman–Crippen MR) is 87.3 cm³/mol. The van der Waals surface area contributed by atoms with E-state index in [1.165, 1.54) is 0 Å². The molecule has 1 spiro atoms. The van der Waals surface area contributed by atoms with Crippen LogP contribution < -0.4 is 0 Å². The maximum absolute atomic E-state index is 12.7. The second-order valence-electron chi connectivity index (χ2n) is 7.53. The number of amides is 2. The minimum Gasteiger partial charge on any atom is -0.465 e. The van der Waals surface area contributed by atoms with Gasteiger partial charge in [0.05, 0.1) is 12.0 Å². The number of ether oxygens (including phenoxy) is 2. The van der Waals surface area contributed by atoms with E-state index < -0.39 is 11.0 Å². The van der Waals surface area contributed by atoms with Crippen molar-refractivity contribution < 1.29 is 23.9 Å². The van der Waals surface area contributed by atoms with Crippen LogP contribution in [0.2, 0.25) is 0 Å². The lowest BCUT2D eigenvalue weighted by atomic mass is 9.77. The zero-order valence-electron chi connectivity index (χ0n) is 15.1. The largest absolute Gasteiger partial charge is 0.465 e. The maximum atomic E-state index is 12.7. The van der Waals surface area contributed by atoms with E-state index in [0.29, 0.717) is 39.1 Å². The molecule has 0 saturated carbocycles. The molecule has 0 aromatic heterocycles. The highest BCUT2D eigenvalue weighted by Gasteiger charge is 2.49. The fourth-order valence-corrected chi connectivity index (χ4v) is 3.31. The van der Waals surface area contributed by atoms with Gasteiger partial charge in [-0.3, -0.25) is 9.59 Å². The lowest BCUT2D eigenvalue weighted by molar-refractivity contribution is -0.150. The second kappa shape index (κ2) is 6.99. The molecule has 0 aromatic carbocycles. The summed E-state index contributed by atoms with van der Waals surface area (Å²) in [4.78, 5) is 39.7. The number of hydrogen-bond acceptors (Lipinski definition) is 5. The quantitative estimate of drug-likeness (QED) is 0.732. The molecule has 2 aliphatic heterocycles. The summed E-state index contributed by atoms with van der Waals surface area (Å²) in [5.74, 6) is -0.353. The molecular formula is C17H28N2O5. The van der Waals surface area contributed by atoms with E-state index in [9.17, 15) is 14.4 Å². The van der Waals surface area contributed by atoms with Crippen LogP contribution in [0.15, 0.2) is 0 Å². The van der Waals surface area contributed by atoms with Crippen molar-refractivity contribution in [3.8, 4) is 0 Å². The summed E-state index contributed by atoms with van der Waals surface area (Å²) < 4.78 is 10.3. The monoisotopic (exact) mass is 340 g/mol. The van der Waals surface area contributed by atoms with Crippen molar-refractivity contribution in [1.82, 2.24) is 9.80 Å². The van der Waals surface area contributed by atoms with E-state index in [0.717, 1.165) is 6.42 Å². The summed E-state index contributed by atoms with van der Waals surface area (Å²) in [6.45, 7) is 9.18. The van der Waals surface area contributed by atoms with Gasteiger partial charge in [0.1, 0.15) is 12.1 Å². The Kier molecular flexibility index (Phi) is 5.40. The molecule has 2 fully saturated rings. The van der Waals surface area contributed by atoms with Crippen LogP contribution in [-0.2, 0) is 19.1 Å². The smallest absolute Gasteiger partial charge is 0.410 e. The number of likely N-dealkylation sites (tertiary alicyclic amines) is 2. The summed E-state index contributed by atoms with van der Waals surface area (Å²) in [6, 6.07) is 0. The first-order valence-corrected chi connectivity index (χ1v) is 8.60. The Balaban J connectivity index is 1.90. The van der Waals surface area contributed by atoms with Gasteiger partial charge in [-0.05, 0) is 47.0 Å². The molecule has 0 bridgehead atoms. The Bertz CT molecular complexity index is 504. The standard InChI is InChI=1S/C17H28N2O5/c1-5-23-13(20)12-19-11-8-17(14(19)21)6-9-18(10-7-17)15(22)24-16(2,3)4/h5-12H2,1-4H3. The lowest BCUT2D eigenvalue weighted by Gasteiger charge is -2.38. The van der Waals surface area contributed by atoms with Crippen molar-refractivity contribution in [3.63, 3.8) is 0 Å². The van der Waals surface area contributed by atoms with Crippen LogP contribution in [0.4, 0.5) is 4.79 Å². The zero-order chi connectivity index (χ0) is 18.0. The van der Waals surface area contributed by atoms with Gasteiger partial charge >= 0.3 is 12.1 Å². The maximum Gasteiger partial charge on any atom is 0.410 e. The molecule has 0 unspecified atom stereocenters. The van der Waals surface area contributed by atoms with Crippen LogP contribution in [0, 0.1) is 5.41 Å². The van der Waals surface area contributed by atoms with Gasteiger partial charge in [-0.15, -0.1) is 0 Å². The molecule has 136 valence electrons. The Morgan fingerprint density at radius 2 is 1.71 bits per heavy atom. The summed E-state index contributed by atoms with van der Waals surface area (Å²) in [7, 11) is 0. The van der Waals surface area contributed by atoms with Crippen LogP contribution in [0.3, 0.4) is 0 Å². The number of carbonyl (C=O) groups is 3. The zero-order valence-corrected chi connectivity index (χ0v) is 15.1. The fraction of sp³-hybridized carbons (Fsp3) is 0.824. The van der Waals surface area contributed by atoms with Crippen molar-refractivity contribution in [2.75, 3.05) is 32.8 Å². The molecule has 0 N–H and O–H groups in total. The average molecular weight is 340 g/mol. The van der Waals surface area contributed by atoms with E-state index in [2.05, 4.69) is 0 Å². The van der Waals surface area contributed by atoms with Gasteiger partial charge < -0.3 is 19.3 Å². The molecule has 7 heteroatoms. The fourth-order valence-electron chi connectivity index (χ4n) is 3.31. The Hall–Kier alpha value is -1.79. The molecule has 0 atom stereocenters. The van der Waals surface area contributed by atoms with Gasteiger partial charge in [0.25, 0.3) is 0 Å². The van der Waals surface area contributed by atoms with Crippen molar-refractivity contribution in [3.05, 3.63) is 0 Å². The molecule has 2 amide bonds. The van der Waals surface area contributed by atoms with Gasteiger partial charge in [0.15, 0.2) is 0 Å². The topological polar surface area (TPSA) is 76.2 Å². The molecule has 2 heterocycles. The van der Waals surface area contributed by atoms with Gasteiger partial charge in [-0.2, -0.15) is 0 Å². The third-order valence-electron chi connectivity index (χ3n) is 4.60. The molecule has 2 rings (SSSR count). The second-order valence-corrected chi connectivity index (χ2v) is 7.53. The van der Waals surface area contributed by atoms with E-state index in [4.69, 9.17) is 9.47 Å². The normalized spacial score (nSPS) is 20.4. The van der Waals surface area contributed by atoms with Crippen LogP contribution >= 0.6 is 0 Å². The molecule has 7 nitrogen and oxygen atoms in total. The van der Waals surface area contributed by atoms with Crippen molar-refractivity contribution in [2.24, 2.45) is 5.41 Å². The summed E-state index contributed by atoms with van der Waals surface area (Å²) in [5.41, 5.74) is -0.961. The number of piperidine rings is 1. The van der Waals surface area contributed by atoms with Crippen molar-refractivity contribution in [2.45, 2.75) is 52.6 Å². The third kappa shape index (κ3) is 4.19. The summed E-state index contributed by atoms with van der Waals surface area (Å²) in [6.07, 6.45) is 1.63. The average Bonchev–Trinajstić information content (AvgIpc) is 2.76. The molecule has 2 saturated heterocycles. The van der Waals surface area contributed by atoms with Crippen LogP contribution in [-0.4, -0.2) is 66.2 Å². The van der Waals surface area contributed by atoms with Gasteiger partial charge in [-0.25, -0.2) is 4.79 Å². The van der Waals surface area contributed by atoms with Crippen LogP contribution in [0.5, 0.6) is 0 Å². The number of rotatable bonds is 3. The molecular weight excluding hydrogens is 312 g/mol. The molecule has 0 radical (unpaired) electrons. The first-order valence-electron chi connectivity index (χ1n) is 8.60. The highest BCUT2D eigenvalue weighted by molar-refractivity contribution is 5.88. The molecule has 0 aliphatic carbocycles. The highest BCUT2D eigenvalue weighted by Crippen LogP contribution is 2.41. The van der Waals surface area contributed by atoms with E-state index in [1.807, 2.05) is 20.8 Å².